The van der Waals surface area contributed by atoms with Crippen molar-refractivity contribution in [2.45, 2.75) is 25.4 Å². The van der Waals surface area contributed by atoms with Crippen LogP contribution in [0.2, 0.25) is 0 Å². The van der Waals surface area contributed by atoms with Gasteiger partial charge in [0, 0.05) is 11.8 Å². The van der Waals surface area contributed by atoms with Gasteiger partial charge < -0.3 is 5.32 Å². The number of amides is 1. The normalized spacial score (nSPS) is 22.1. The predicted molar refractivity (Wildman–Crippen MR) is 59.6 cm³/mol. The third kappa shape index (κ3) is 1.85. The number of nitrogens with zero attached hydrogens (tertiary/aromatic N) is 3. The second-order valence-corrected chi connectivity index (χ2v) is 3.85. The van der Waals surface area contributed by atoms with E-state index in [1.165, 1.54) is 6.92 Å². The standard InChI is InChI=1S/C11H12N4O/c1-7(16)13-11-9-5-3-2-4-8(9)6-10(11)14-15-12/h2-5,10-11H,6H2,1H3,(H,13,16)/t10-,11-/m1/s1. The van der Waals surface area contributed by atoms with Crippen LogP contribution in [0, 0.1) is 0 Å². The molecule has 5 heteroatoms. The predicted octanol–water partition coefficient (Wildman–Crippen LogP) is 2.10. The summed E-state index contributed by atoms with van der Waals surface area (Å²) in [5.74, 6) is -0.111. The summed E-state index contributed by atoms with van der Waals surface area (Å²) in [5.41, 5.74) is 10.7. The summed E-state index contributed by atoms with van der Waals surface area (Å²) in [6.45, 7) is 1.47. The minimum Gasteiger partial charge on any atom is -0.349 e. The molecule has 5 nitrogen and oxygen atoms in total. The van der Waals surface area contributed by atoms with Crippen LogP contribution in [-0.4, -0.2) is 11.9 Å². The van der Waals surface area contributed by atoms with Crippen LogP contribution < -0.4 is 5.32 Å². The highest BCUT2D eigenvalue weighted by Crippen LogP contribution is 2.33. The van der Waals surface area contributed by atoms with Crippen LogP contribution in [0.4, 0.5) is 0 Å². The van der Waals surface area contributed by atoms with E-state index in [-0.39, 0.29) is 18.0 Å². The van der Waals surface area contributed by atoms with Gasteiger partial charge in [-0.1, -0.05) is 29.4 Å². The van der Waals surface area contributed by atoms with Gasteiger partial charge in [0.1, 0.15) is 0 Å². The summed E-state index contributed by atoms with van der Waals surface area (Å²) in [6, 6.07) is 7.42. The molecule has 1 amide bonds. The lowest BCUT2D eigenvalue weighted by Gasteiger charge is -2.16. The lowest BCUT2D eigenvalue weighted by atomic mass is 10.1. The van der Waals surface area contributed by atoms with Crippen LogP contribution in [0.5, 0.6) is 0 Å². The first-order chi connectivity index (χ1) is 7.72. The molecule has 0 aromatic heterocycles. The number of fused-ring (bicyclic) bond motifs is 1. The fourth-order valence-electron chi connectivity index (χ4n) is 2.14. The molecule has 1 aromatic carbocycles. The zero-order valence-corrected chi connectivity index (χ0v) is 8.92. The summed E-state index contributed by atoms with van der Waals surface area (Å²) in [6.07, 6.45) is 0.686. The Bertz CT molecular complexity index is 465. The summed E-state index contributed by atoms with van der Waals surface area (Å²) in [7, 11) is 0. The number of carbonyl (C=O) groups excluding carboxylic acids is 1. The van der Waals surface area contributed by atoms with E-state index in [9.17, 15) is 4.79 Å². The van der Waals surface area contributed by atoms with Gasteiger partial charge in [-0.3, -0.25) is 4.79 Å². The molecule has 16 heavy (non-hydrogen) atoms. The first-order valence-electron chi connectivity index (χ1n) is 5.11. The molecule has 82 valence electrons. The van der Waals surface area contributed by atoms with Gasteiger partial charge in [0.25, 0.3) is 0 Å². The van der Waals surface area contributed by atoms with Gasteiger partial charge in [-0.2, -0.15) is 0 Å². The number of nitrogens with one attached hydrogen (secondary N) is 1. The van der Waals surface area contributed by atoms with Crippen LogP contribution in [0.1, 0.15) is 24.1 Å². The molecular weight excluding hydrogens is 204 g/mol. The van der Waals surface area contributed by atoms with Crippen LogP contribution in [-0.2, 0) is 11.2 Å². The van der Waals surface area contributed by atoms with Crippen molar-refractivity contribution < 1.29 is 4.79 Å². The summed E-state index contributed by atoms with van der Waals surface area (Å²) in [4.78, 5) is 13.9. The van der Waals surface area contributed by atoms with Crippen molar-refractivity contribution in [3.05, 3.63) is 45.8 Å². The molecule has 0 spiro atoms. The Hall–Kier alpha value is -2.00. The number of rotatable bonds is 2. The van der Waals surface area contributed by atoms with Gasteiger partial charge in [0.05, 0.1) is 12.1 Å². The Labute approximate surface area is 93.1 Å². The lowest BCUT2D eigenvalue weighted by Crippen LogP contribution is -2.31. The van der Waals surface area contributed by atoms with Crippen molar-refractivity contribution in [1.29, 1.82) is 0 Å². The second-order valence-electron chi connectivity index (χ2n) is 3.85. The highest BCUT2D eigenvalue weighted by atomic mass is 16.1. The maximum Gasteiger partial charge on any atom is 0.217 e. The van der Waals surface area contributed by atoms with Crippen molar-refractivity contribution >= 4 is 5.91 Å². The second kappa shape index (κ2) is 4.24. The van der Waals surface area contributed by atoms with E-state index in [2.05, 4.69) is 15.3 Å². The van der Waals surface area contributed by atoms with E-state index in [4.69, 9.17) is 5.53 Å². The molecule has 0 saturated heterocycles. The van der Waals surface area contributed by atoms with E-state index < -0.39 is 0 Å². The average Bonchev–Trinajstić information content (AvgIpc) is 2.57. The molecule has 0 bridgehead atoms. The summed E-state index contributed by atoms with van der Waals surface area (Å²) >= 11 is 0. The molecule has 0 aliphatic heterocycles. The van der Waals surface area contributed by atoms with Crippen LogP contribution in [0.25, 0.3) is 10.4 Å². The number of carbonyl (C=O) groups is 1. The quantitative estimate of drug-likeness (QED) is 0.458. The number of hydrogen-bond acceptors (Lipinski definition) is 2. The molecule has 1 N–H and O–H groups in total. The Morgan fingerprint density at radius 2 is 2.31 bits per heavy atom. The molecule has 0 unspecified atom stereocenters. The molecule has 1 aromatic rings. The largest absolute Gasteiger partial charge is 0.349 e. The summed E-state index contributed by atoms with van der Waals surface area (Å²) < 4.78 is 0. The van der Waals surface area contributed by atoms with E-state index in [0.717, 1.165) is 11.1 Å². The van der Waals surface area contributed by atoms with Gasteiger partial charge in [-0.25, -0.2) is 0 Å². The van der Waals surface area contributed by atoms with Crippen LogP contribution in [0.3, 0.4) is 0 Å². The van der Waals surface area contributed by atoms with Gasteiger partial charge in [-0.15, -0.1) is 0 Å². The van der Waals surface area contributed by atoms with Crippen molar-refractivity contribution in [2.24, 2.45) is 5.11 Å². The van der Waals surface area contributed by atoms with Gasteiger partial charge >= 0.3 is 0 Å². The Morgan fingerprint density at radius 3 is 3.00 bits per heavy atom. The Balaban J connectivity index is 2.35. The first-order valence-corrected chi connectivity index (χ1v) is 5.11. The minimum atomic E-state index is -0.216. The van der Waals surface area contributed by atoms with Crippen molar-refractivity contribution in [2.75, 3.05) is 0 Å². The topological polar surface area (TPSA) is 77.9 Å². The molecular formula is C11H12N4O. The third-order valence-electron chi connectivity index (χ3n) is 2.76. The SMILES string of the molecule is CC(=O)N[C@@H]1c2ccccc2C[C@H]1N=[N+]=[N-]. The number of benzene rings is 1. The average molecular weight is 216 g/mol. The molecule has 1 aliphatic carbocycles. The van der Waals surface area contributed by atoms with E-state index >= 15 is 0 Å². The Kier molecular flexibility index (Phi) is 2.79. The molecule has 0 fully saturated rings. The van der Waals surface area contributed by atoms with Crippen molar-refractivity contribution in [3.8, 4) is 0 Å². The van der Waals surface area contributed by atoms with E-state index in [1.54, 1.807) is 0 Å². The lowest BCUT2D eigenvalue weighted by molar-refractivity contribution is -0.119. The van der Waals surface area contributed by atoms with Crippen LogP contribution >= 0.6 is 0 Å². The fourth-order valence-corrected chi connectivity index (χ4v) is 2.14. The third-order valence-corrected chi connectivity index (χ3v) is 2.76. The number of hydrogen-bond donors (Lipinski definition) is 1. The molecule has 0 heterocycles. The van der Waals surface area contributed by atoms with E-state index in [0.29, 0.717) is 6.42 Å². The monoisotopic (exact) mass is 216 g/mol. The maximum absolute atomic E-state index is 11.1. The maximum atomic E-state index is 11.1. The van der Waals surface area contributed by atoms with Crippen molar-refractivity contribution in [1.82, 2.24) is 5.32 Å². The molecule has 0 radical (unpaired) electrons. The molecule has 2 rings (SSSR count). The summed E-state index contributed by atoms with van der Waals surface area (Å²) in [5, 5.41) is 6.57. The highest BCUT2D eigenvalue weighted by molar-refractivity contribution is 5.73. The first kappa shape index (κ1) is 10.5. The molecule has 0 saturated carbocycles. The molecule has 1 aliphatic rings. The number of azide groups is 1. The van der Waals surface area contributed by atoms with Gasteiger partial charge in [0.15, 0.2) is 0 Å². The highest BCUT2D eigenvalue weighted by Gasteiger charge is 2.31. The van der Waals surface area contributed by atoms with Gasteiger partial charge in [-0.05, 0) is 23.1 Å². The zero-order chi connectivity index (χ0) is 11.5. The van der Waals surface area contributed by atoms with E-state index in [1.807, 2.05) is 24.3 Å². The smallest absolute Gasteiger partial charge is 0.217 e. The van der Waals surface area contributed by atoms with Crippen molar-refractivity contribution in [3.63, 3.8) is 0 Å². The zero-order valence-electron chi connectivity index (χ0n) is 8.92. The molecule has 2 atom stereocenters. The fraction of sp³-hybridized carbons (Fsp3) is 0.364. The van der Waals surface area contributed by atoms with Crippen LogP contribution in [0.15, 0.2) is 29.4 Å². The van der Waals surface area contributed by atoms with Gasteiger partial charge in [0.2, 0.25) is 5.91 Å². The minimum absolute atomic E-state index is 0.111. The Morgan fingerprint density at radius 1 is 1.56 bits per heavy atom.